The van der Waals surface area contributed by atoms with Crippen LogP contribution in [0.15, 0.2) is 48.5 Å². The number of carboxylic acids is 1. The lowest BCUT2D eigenvalue weighted by molar-refractivity contribution is -0.133. The molecule has 1 fully saturated rings. The Kier molecular flexibility index (Phi) is 4.09. The lowest BCUT2D eigenvalue weighted by Crippen LogP contribution is -2.36. The summed E-state index contributed by atoms with van der Waals surface area (Å²) in [5, 5.41) is 8.91. The highest BCUT2D eigenvalue weighted by Crippen LogP contribution is 2.50. The summed E-state index contributed by atoms with van der Waals surface area (Å²) >= 11 is 0. The molecule has 3 rings (SSSR count). The number of hydrogen-bond acceptors (Lipinski definition) is 2. The summed E-state index contributed by atoms with van der Waals surface area (Å²) in [5.74, 6) is -1.43. The zero-order chi connectivity index (χ0) is 17.3. The smallest absolute Gasteiger partial charge is 0.335 e. The van der Waals surface area contributed by atoms with Gasteiger partial charge in [-0.15, -0.1) is 0 Å². The average Bonchev–Trinajstić information content (AvgIpc) is 3.36. The fourth-order valence-electron chi connectivity index (χ4n) is 3.04. The Morgan fingerprint density at radius 3 is 2.29 bits per heavy atom. The zero-order valence-corrected chi connectivity index (χ0v) is 13.3. The molecule has 0 saturated heterocycles. The zero-order valence-electron chi connectivity index (χ0n) is 13.3. The van der Waals surface area contributed by atoms with Crippen LogP contribution in [0.1, 0.15) is 34.3 Å². The Morgan fingerprint density at radius 1 is 1.12 bits per heavy atom. The predicted molar refractivity (Wildman–Crippen MR) is 87.2 cm³/mol. The van der Waals surface area contributed by atoms with E-state index in [1.165, 1.54) is 18.2 Å². The Morgan fingerprint density at radius 2 is 1.75 bits per heavy atom. The van der Waals surface area contributed by atoms with Crippen LogP contribution in [0.4, 0.5) is 4.39 Å². The van der Waals surface area contributed by atoms with Crippen LogP contribution in [0.5, 0.6) is 0 Å². The number of carboxylic acid groups (broad SMARTS) is 1. The van der Waals surface area contributed by atoms with Gasteiger partial charge in [0, 0.05) is 19.2 Å². The van der Waals surface area contributed by atoms with E-state index in [4.69, 9.17) is 5.11 Å². The maximum Gasteiger partial charge on any atom is 0.335 e. The number of likely N-dealkylation sites (N-methyl/N-ethyl adjacent to an activating group) is 1. The van der Waals surface area contributed by atoms with Crippen molar-refractivity contribution in [1.29, 1.82) is 0 Å². The number of hydrogen-bond donors (Lipinski definition) is 1. The second-order valence-electron chi connectivity index (χ2n) is 6.23. The van der Waals surface area contributed by atoms with E-state index in [0.29, 0.717) is 24.9 Å². The fourth-order valence-corrected chi connectivity index (χ4v) is 3.04. The Hall–Kier alpha value is -2.69. The van der Waals surface area contributed by atoms with Gasteiger partial charge in [-0.05, 0) is 36.6 Å². The molecule has 0 radical (unpaired) electrons. The summed E-state index contributed by atoms with van der Waals surface area (Å²) in [6.45, 7) is 0.356. The molecule has 2 aromatic rings. The van der Waals surface area contributed by atoms with Crippen molar-refractivity contribution in [2.45, 2.75) is 24.8 Å². The first kappa shape index (κ1) is 16.2. The van der Waals surface area contributed by atoms with E-state index in [-0.39, 0.29) is 17.3 Å². The highest BCUT2D eigenvalue weighted by molar-refractivity contribution is 5.91. The van der Waals surface area contributed by atoms with Crippen molar-refractivity contribution in [2.75, 3.05) is 7.05 Å². The van der Waals surface area contributed by atoms with E-state index in [1.54, 1.807) is 42.3 Å². The van der Waals surface area contributed by atoms with Gasteiger partial charge in [-0.2, -0.15) is 0 Å². The largest absolute Gasteiger partial charge is 0.478 e. The summed E-state index contributed by atoms with van der Waals surface area (Å²) in [6, 6.07) is 12.8. The third kappa shape index (κ3) is 2.89. The van der Waals surface area contributed by atoms with Crippen molar-refractivity contribution < 1.29 is 19.1 Å². The molecule has 0 unspecified atom stereocenters. The third-order valence-corrected chi connectivity index (χ3v) is 4.52. The number of carbonyl (C=O) groups is 2. The molecule has 0 bridgehead atoms. The van der Waals surface area contributed by atoms with Gasteiger partial charge < -0.3 is 10.0 Å². The van der Waals surface area contributed by atoms with E-state index in [9.17, 15) is 14.0 Å². The maximum absolute atomic E-state index is 14.1. The molecule has 0 atom stereocenters. The molecule has 1 aliphatic carbocycles. The molecule has 5 heteroatoms. The second-order valence-corrected chi connectivity index (χ2v) is 6.23. The molecule has 0 heterocycles. The van der Waals surface area contributed by atoms with Crippen molar-refractivity contribution >= 4 is 11.9 Å². The van der Waals surface area contributed by atoms with E-state index in [1.807, 2.05) is 0 Å². The number of halogens is 1. The minimum Gasteiger partial charge on any atom is -0.478 e. The first-order chi connectivity index (χ1) is 11.4. The van der Waals surface area contributed by atoms with Crippen LogP contribution < -0.4 is 0 Å². The van der Waals surface area contributed by atoms with Crippen LogP contribution >= 0.6 is 0 Å². The molecule has 0 aromatic heterocycles. The van der Waals surface area contributed by atoms with Crippen molar-refractivity contribution in [3.8, 4) is 0 Å². The fraction of sp³-hybridized carbons (Fsp3) is 0.263. The number of benzene rings is 2. The maximum atomic E-state index is 14.1. The summed E-state index contributed by atoms with van der Waals surface area (Å²) in [7, 11) is 1.69. The molecule has 4 nitrogen and oxygen atoms in total. The summed E-state index contributed by atoms with van der Waals surface area (Å²) in [4.78, 5) is 25.3. The van der Waals surface area contributed by atoms with Crippen LogP contribution in [0.2, 0.25) is 0 Å². The first-order valence-corrected chi connectivity index (χ1v) is 7.77. The van der Waals surface area contributed by atoms with E-state index >= 15 is 0 Å². The van der Waals surface area contributed by atoms with Crippen LogP contribution in [0.3, 0.4) is 0 Å². The van der Waals surface area contributed by atoms with Gasteiger partial charge in [0.25, 0.3) is 0 Å². The topological polar surface area (TPSA) is 57.6 Å². The summed E-state index contributed by atoms with van der Waals surface area (Å²) in [5.41, 5.74) is 0.752. The molecule has 1 aliphatic rings. The van der Waals surface area contributed by atoms with Crippen molar-refractivity contribution in [2.24, 2.45) is 0 Å². The van der Waals surface area contributed by atoms with Gasteiger partial charge in [-0.25, -0.2) is 9.18 Å². The third-order valence-electron chi connectivity index (χ3n) is 4.52. The Labute approximate surface area is 139 Å². The SMILES string of the molecule is CN(Cc1ccc(C(=O)O)cc1)C(=O)C1(c2ccccc2F)CC1. The second kappa shape index (κ2) is 6.07. The summed E-state index contributed by atoms with van der Waals surface area (Å²) < 4.78 is 14.1. The quantitative estimate of drug-likeness (QED) is 0.917. The van der Waals surface area contributed by atoms with E-state index < -0.39 is 11.4 Å². The van der Waals surface area contributed by atoms with Gasteiger partial charge in [-0.1, -0.05) is 30.3 Å². The minimum absolute atomic E-state index is 0.102. The van der Waals surface area contributed by atoms with Gasteiger partial charge in [0.05, 0.1) is 11.0 Å². The minimum atomic E-state index is -0.984. The molecular formula is C19H18FNO3. The number of amides is 1. The molecule has 24 heavy (non-hydrogen) atoms. The van der Waals surface area contributed by atoms with E-state index in [2.05, 4.69) is 0 Å². The monoisotopic (exact) mass is 327 g/mol. The number of aromatic carboxylic acids is 1. The van der Waals surface area contributed by atoms with Gasteiger partial charge in [-0.3, -0.25) is 4.79 Å². The highest BCUT2D eigenvalue weighted by atomic mass is 19.1. The molecule has 124 valence electrons. The predicted octanol–water partition coefficient (Wildman–Crippen LogP) is 3.21. The van der Waals surface area contributed by atoms with Crippen LogP contribution in [0, 0.1) is 5.82 Å². The van der Waals surface area contributed by atoms with Crippen molar-refractivity contribution in [3.63, 3.8) is 0 Å². The molecule has 0 spiro atoms. The molecule has 0 aliphatic heterocycles. The average molecular weight is 327 g/mol. The lowest BCUT2D eigenvalue weighted by atomic mass is 9.93. The summed E-state index contributed by atoms with van der Waals surface area (Å²) in [6.07, 6.45) is 1.30. The van der Waals surface area contributed by atoms with Gasteiger partial charge in [0.2, 0.25) is 5.91 Å². The van der Waals surface area contributed by atoms with E-state index in [0.717, 1.165) is 5.56 Å². The molecule has 1 saturated carbocycles. The van der Waals surface area contributed by atoms with Crippen LogP contribution in [0.25, 0.3) is 0 Å². The Bertz CT molecular complexity index is 781. The lowest BCUT2D eigenvalue weighted by Gasteiger charge is -2.24. The number of carbonyl (C=O) groups excluding carboxylic acids is 1. The van der Waals surface area contributed by atoms with Crippen LogP contribution in [-0.2, 0) is 16.8 Å². The normalized spacial score (nSPS) is 14.9. The first-order valence-electron chi connectivity index (χ1n) is 7.77. The number of rotatable bonds is 5. The Balaban J connectivity index is 1.75. The van der Waals surface area contributed by atoms with Crippen molar-refractivity contribution in [1.82, 2.24) is 4.90 Å². The molecule has 2 aromatic carbocycles. The van der Waals surface area contributed by atoms with Crippen LogP contribution in [-0.4, -0.2) is 28.9 Å². The highest BCUT2D eigenvalue weighted by Gasteiger charge is 2.53. The molecule has 1 amide bonds. The van der Waals surface area contributed by atoms with Gasteiger partial charge >= 0.3 is 5.97 Å². The van der Waals surface area contributed by atoms with Gasteiger partial charge in [0.15, 0.2) is 0 Å². The van der Waals surface area contributed by atoms with Crippen molar-refractivity contribution in [3.05, 3.63) is 71.0 Å². The molecular weight excluding hydrogens is 309 g/mol. The number of nitrogens with zero attached hydrogens (tertiary/aromatic N) is 1. The van der Waals surface area contributed by atoms with Gasteiger partial charge in [0.1, 0.15) is 5.82 Å². The standard InChI is InChI=1S/C19H18FNO3/c1-21(12-13-6-8-14(9-7-13)17(22)23)18(24)19(10-11-19)15-4-2-3-5-16(15)20/h2-9H,10-12H2,1H3,(H,22,23). The molecule has 1 N–H and O–H groups in total.